The maximum atomic E-state index is 13.4. The van der Waals surface area contributed by atoms with Gasteiger partial charge in [-0.2, -0.15) is 0 Å². The third-order valence-corrected chi connectivity index (χ3v) is 11.1. The Kier molecular flexibility index (Phi) is 6.37. The minimum Gasteiger partial charge on any atom is -0.395 e. The lowest BCUT2D eigenvalue weighted by molar-refractivity contribution is 0.0949. The van der Waals surface area contributed by atoms with Crippen LogP contribution in [0.3, 0.4) is 0 Å². The van der Waals surface area contributed by atoms with Crippen molar-refractivity contribution in [1.82, 2.24) is 9.88 Å². The molecule has 1 aliphatic heterocycles. The second-order valence-corrected chi connectivity index (χ2v) is 14.0. The molecule has 0 atom stereocenters. The second kappa shape index (κ2) is 9.15. The zero-order valence-electron chi connectivity index (χ0n) is 20.8. The molecule has 2 N–H and O–H groups in total. The molecule has 2 heterocycles. The minimum absolute atomic E-state index is 0.0676. The van der Waals surface area contributed by atoms with E-state index in [1.165, 1.54) is 0 Å². The predicted octanol–water partition coefficient (Wildman–Crippen LogP) is 3.12. The maximum Gasteiger partial charge on any atom is 0.264 e. The molecule has 0 unspecified atom stereocenters. The molecular weight excluding hydrogens is 514 g/mol. The standard InChI is InChI=1S/C27H30ClN3O5S/c1-26(2,17-32)37(35,36)27(10-11-27)16-30-12-13-31-23-19(4-3-5-22(23)30)14-21(25(31)34)24(33)29-15-18-6-8-20(28)9-7-18/h3-9,14,32H,10-13,15-17H2,1-2H3,(H,29,33). The smallest absolute Gasteiger partial charge is 0.264 e. The topological polar surface area (TPSA) is 109 Å². The number of sulfone groups is 1. The summed E-state index contributed by atoms with van der Waals surface area (Å²) in [4.78, 5) is 28.4. The van der Waals surface area contributed by atoms with Crippen LogP contribution in [-0.4, -0.2) is 53.2 Å². The summed E-state index contributed by atoms with van der Waals surface area (Å²) in [6.45, 7) is 4.04. The van der Waals surface area contributed by atoms with E-state index in [2.05, 4.69) is 5.32 Å². The van der Waals surface area contributed by atoms with Gasteiger partial charge in [-0.25, -0.2) is 8.42 Å². The van der Waals surface area contributed by atoms with Gasteiger partial charge in [0, 0.05) is 36.6 Å². The Balaban J connectivity index is 1.45. The van der Waals surface area contributed by atoms with Gasteiger partial charge in [0.25, 0.3) is 11.5 Å². The number of hydrogen-bond donors (Lipinski definition) is 2. The lowest BCUT2D eigenvalue weighted by Gasteiger charge is -2.37. The Morgan fingerprint density at radius 3 is 2.49 bits per heavy atom. The molecule has 10 heteroatoms. The van der Waals surface area contributed by atoms with E-state index in [-0.39, 0.29) is 17.7 Å². The highest BCUT2D eigenvalue weighted by atomic mass is 35.5. The van der Waals surface area contributed by atoms with E-state index in [9.17, 15) is 23.1 Å². The fourth-order valence-corrected chi connectivity index (χ4v) is 7.54. The summed E-state index contributed by atoms with van der Waals surface area (Å²) in [5.74, 6) is -0.451. The molecule has 37 heavy (non-hydrogen) atoms. The number of anilines is 1. The molecule has 5 rings (SSSR count). The predicted molar refractivity (Wildman–Crippen MR) is 145 cm³/mol. The number of rotatable bonds is 8. The van der Waals surface area contributed by atoms with Crippen molar-refractivity contribution in [1.29, 1.82) is 0 Å². The van der Waals surface area contributed by atoms with Crippen molar-refractivity contribution >= 4 is 43.9 Å². The molecule has 3 aromatic rings. The molecule has 0 bridgehead atoms. The third kappa shape index (κ3) is 4.32. The number of nitrogens with zero attached hydrogens (tertiary/aromatic N) is 2. The number of para-hydroxylation sites is 1. The highest BCUT2D eigenvalue weighted by Gasteiger charge is 2.60. The number of hydrogen-bond acceptors (Lipinski definition) is 6. The number of aromatic nitrogens is 1. The number of nitrogens with one attached hydrogen (secondary N) is 1. The van der Waals surface area contributed by atoms with Crippen molar-refractivity contribution in [2.24, 2.45) is 0 Å². The van der Waals surface area contributed by atoms with E-state index in [0.717, 1.165) is 16.6 Å². The van der Waals surface area contributed by atoms with Crippen LogP contribution in [0.5, 0.6) is 0 Å². The fourth-order valence-electron chi connectivity index (χ4n) is 5.11. The van der Waals surface area contributed by atoms with Crippen molar-refractivity contribution in [3.8, 4) is 0 Å². The molecule has 0 radical (unpaired) electrons. The number of halogens is 1. The normalized spacial score (nSPS) is 16.6. The number of aliphatic hydroxyl groups excluding tert-OH is 1. The van der Waals surface area contributed by atoms with E-state index in [0.29, 0.717) is 43.0 Å². The first-order chi connectivity index (χ1) is 17.5. The van der Waals surface area contributed by atoms with Gasteiger partial charge >= 0.3 is 0 Å². The molecule has 1 aliphatic carbocycles. The second-order valence-electron chi connectivity index (χ2n) is 10.6. The van der Waals surface area contributed by atoms with Crippen LogP contribution < -0.4 is 15.8 Å². The van der Waals surface area contributed by atoms with Gasteiger partial charge < -0.3 is 19.9 Å². The van der Waals surface area contributed by atoms with Crippen LogP contribution >= 0.6 is 11.6 Å². The van der Waals surface area contributed by atoms with Gasteiger partial charge in [0.1, 0.15) is 5.56 Å². The van der Waals surface area contributed by atoms with Crippen molar-refractivity contribution in [3.05, 3.63) is 75.0 Å². The molecule has 196 valence electrons. The summed E-state index contributed by atoms with van der Waals surface area (Å²) in [5.41, 5.74) is 2.03. The van der Waals surface area contributed by atoms with E-state index in [1.54, 1.807) is 36.6 Å². The van der Waals surface area contributed by atoms with Gasteiger partial charge in [0.05, 0.1) is 27.3 Å². The van der Waals surface area contributed by atoms with Crippen LogP contribution in [0, 0.1) is 0 Å². The summed E-state index contributed by atoms with van der Waals surface area (Å²) < 4.78 is 26.3. The van der Waals surface area contributed by atoms with E-state index >= 15 is 0 Å². The number of benzene rings is 2. The number of carbonyl (C=O) groups is 1. The average Bonchev–Trinajstić information content (AvgIpc) is 3.67. The first kappa shape index (κ1) is 25.8. The van der Waals surface area contributed by atoms with E-state index in [4.69, 9.17) is 11.6 Å². The van der Waals surface area contributed by atoms with Crippen molar-refractivity contribution in [3.63, 3.8) is 0 Å². The summed E-state index contributed by atoms with van der Waals surface area (Å²) in [5, 5.41) is 13.9. The molecule has 2 aliphatic rings. The van der Waals surface area contributed by atoms with Gasteiger partial charge in [-0.3, -0.25) is 9.59 Å². The molecular formula is C27H30ClN3O5S. The summed E-state index contributed by atoms with van der Waals surface area (Å²) in [6.07, 6.45) is 1.09. The van der Waals surface area contributed by atoms with Gasteiger partial charge in [-0.1, -0.05) is 35.9 Å². The maximum absolute atomic E-state index is 13.4. The van der Waals surface area contributed by atoms with E-state index in [1.807, 2.05) is 35.2 Å². The number of amides is 1. The lowest BCUT2D eigenvalue weighted by Crippen LogP contribution is -2.50. The molecule has 0 saturated heterocycles. The SMILES string of the molecule is CC(C)(CO)S(=O)(=O)C1(CN2CCn3c(=O)c(C(=O)NCc4ccc(Cl)cc4)cc4cccc2c43)CC1. The third-order valence-electron chi connectivity index (χ3n) is 7.60. The Hall–Kier alpha value is -2.88. The monoisotopic (exact) mass is 543 g/mol. The quantitative estimate of drug-likeness (QED) is 0.452. The van der Waals surface area contributed by atoms with Crippen LogP contribution in [0.1, 0.15) is 42.6 Å². The molecule has 8 nitrogen and oxygen atoms in total. The van der Waals surface area contributed by atoms with Crippen molar-refractivity contribution in [2.45, 2.75) is 49.3 Å². The summed E-state index contributed by atoms with van der Waals surface area (Å²) in [6, 6.07) is 14.3. The van der Waals surface area contributed by atoms with Crippen LogP contribution in [0.25, 0.3) is 10.9 Å². The van der Waals surface area contributed by atoms with Crippen LogP contribution in [0.2, 0.25) is 5.02 Å². The van der Waals surface area contributed by atoms with Gasteiger partial charge in [0.15, 0.2) is 9.84 Å². The van der Waals surface area contributed by atoms with E-state index < -0.39 is 31.8 Å². The number of pyridine rings is 1. The highest BCUT2D eigenvalue weighted by Crippen LogP contribution is 2.49. The van der Waals surface area contributed by atoms with Gasteiger partial charge in [-0.05, 0) is 56.5 Å². The largest absolute Gasteiger partial charge is 0.395 e. The lowest BCUT2D eigenvalue weighted by atomic mass is 10.1. The van der Waals surface area contributed by atoms with Crippen molar-refractivity contribution < 1.29 is 18.3 Å². The highest BCUT2D eigenvalue weighted by molar-refractivity contribution is 7.94. The zero-order chi connectivity index (χ0) is 26.6. The Morgan fingerprint density at radius 2 is 1.84 bits per heavy atom. The molecule has 1 aromatic heterocycles. The van der Waals surface area contributed by atoms with Crippen LogP contribution in [0.15, 0.2) is 53.3 Å². The molecule has 2 aromatic carbocycles. The Labute approximate surface area is 220 Å². The molecule has 1 saturated carbocycles. The van der Waals surface area contributed by atoms with Gasteiger partial charge in [-0.15, -0.1) is 0 Å². The minimum atomic E-state index is -3.60. The van der Waals surface area contributed by atoms with Crippen LogP contribution in [-0.2, 0) is 22.9 Å². The van der Waals surface area contributed by atoms with Crippen LogP contribution in [0.4, 0.5) is 5.69 Å². The number of carbonyl (C=O) groups excluding carboxylic acids is 1. The number of aliphatic hydroxyl groups is 1. The first-order valence-electron chi connectivity index (χ1n) is 12.3. The average molecular weight is 544 g/mol. The summed E-state index contributed by atoms with van der Waals surface area (Å²) >= 11 is 5.92. The summed E-state index contributed by atoms with van der Waals surface area (Å²) in [7, 11) is -3.60. The Morgan fingerprint density at radius 1 is 1.14 bits per heavy atom. The fraction of sp³-hybridized carbons (Fsp3) is 0.407. The van der Waals surface area contributed by atoms with Gasteiger partial charge in [0.2, 0.25) is 0 Å². The Bertz CT molecular complexity index is 1540. The molecule has 0 spiro atoms. The molecule has 1 amide bonds. The van der Waals surface area contributed by atoms with Crippen molar-refractivity contribution in [2.75, 3.05) is 24.6 Å². The zero-order valence-corrected chi connectivity index (χ0v) is 22.4. The first-order valence-corrected chi connectivity index (χ1v) is 14.1. The molecule has 1 fully saturated rings.